The van der Waals surface area contributed by atoms with Crippen LogP contribution in [-0.2, 0) is 4.74 Å². The fraction of sp³-hybridized carbons (Fsp3) is 0.538. The summed E-state index contributed by atoms with van der Waals surface area (Å²) in [6.45, 7) is 3.53. The second-order valence-electron chi connectivity index (χ2n) is 4.41. The van der Waals surface area contributed by atoms with E-state index >= 15 is 0 Å². The molecule has 0 aromatic heterocycles. The van der Waals surface area contributed by atoms with Gasteiger partial charge in [-0.15, -0.1) is 0 Å². The fourth-order valence-electron chi connectivity index (χ4n) is 1.82. The van der Waals surface area contributed by atoms with Gasteiger partial charge in [0.1, 0.15) is 0 Å². The zero-order chi connectivity index (χ0) is 12.3. The molecular formula is C13H17FO3. The van der Waals surface area contributed by atoms with E-state index in [4.69, 9.17) is 9.47 Å². The number of aliphatic hydroxyl groups is 1. The number of rotatable bonds is 4. The SMILES string of the molecule is C[C@H](O)c1ccc(OCC2CCOC2)c(F)c1. The average molecular weight is 240 g/mol. The minimum Gasteiger partial charge on any atom is -0.490 e. The molecule has 3 nitrogen and oxygen atoms in total. The van der Waals surface area contributed by atoms with Crippen molar-refractivity contribution in [3.63, 3.8) is 0 Å². The van der Waals surface area contributed by atoms with Gasteiger partial charge in [-0.05, 0) is 31.0 Å². The summed E-state index contributed by atoms with van der Waals surface area (Å²) in [5, 5.41) is 9.32. The van der Waals surface area contributed by atoms with Gasteiger partial charge in [0, 0.05) is 12.5 Å². The molecule has 17 heavy (non-hydrogen) atoms. The third kappa shape index (κ3) is 3.17. The van der Waals surface area contributed by atoms with Gasteiger partial charge in [0.25, 0.3) is 0 Å². The molecule has 0 spiro atoms. The molecule has 0 aliphatic carbocycles. The van der Waals surface area contributed by atoms with Crippen LogP contribution in [0.15, 0.2) is 18.2 Å². The molecule has 2 atom stereocenters. The topological polar surface area (TPSA) is 38.7 Å². The van der Waals surface area contributed by atoms with E-state index in [1.54, 1.807) is 19.1 Å². The van der Waals surface area contributed by atoms with Crippen molar-refractivity contribution in [2.45, 2.75) is 19.4 Å². The van der Waals surface area contributed by atoms with Gasteiger partial charge in [-0.2, -0.15) is 0 Å². The minimum absolute atomic E-state index is 0.237. The molecule has 0 saturated carbocycles. The van der Waals surface area contributed by atoms with Gasteiger partial charge < -0.3 is 14.6 Å². The molecule has 0 amide bonds. The van der Waals surface area contributed by atoms with Crippen LogP contribution >= 0.6 is 0 Å². The van der Waals surface area contributed by atoms with E-state index in [-0.39, 0.29) is 5.75 Å². The number of aliphatic hydroxyl groups excluding tert-OH is 1. The molecule has 1 N–H and O–H groups in total. The van der Waals surface area contributed by atoms with Gasteiger partial charge in [-0.25, -0.2) is 4.39 Å². The van der Waals surface area contributed by atoms with Gasteiger partial charge in [-0.1, -0.05) is 6.07 Å². The van der Waals surface area contributed by atoms with E-state index < -0.39 is 11.9 Å². The summed E-state index contributed by atoms with van der Waals surface area (Å²) in [6, 6.07) is 4.55. The van der Waals surface area contributed by atoms with Crippen LogP contribution in [0.5, 0.6) is 5.75 Å². The zero-order valence-electron chi connectivity index (χ0n) is 9.86. The number of halogens is 1. The van der Waals surface area contributed by atoms with E-state index in [0.29, 0.717) is 24.7 Å². The molecular weight excluding hydrogens is 223 g/mol. The standard InChI is InChI=1S/C13H17FO3/c1-9(15)11-2-3-13(12(14)6-11)17-8-10-4-5-16-7-10/h2-3,6,9-10,15H,4-5,7-8H2,1H3/t9-,10?/m0/s1. The lowest BCUT2D eigenvalue weighted by atomic mass is 10.1. The molecule has 0 radical (unpaired) electrons. The van der Waals surface area contributed by atoms with Crippen LogP contribution in [0.1, 0.15) is 25.0 Å². The summed E-state index contributed by atoms with van der Waals surface area (Å²) in [5.41, 5.74) is 0.555. The first-order valence-electron chi connectivity index (χ1n) is 5.85. The second kappa shape index (κ2) is 5.47. The number of hydrogen-bond acceptors (Lipinski definition) is 3. The van der Waals surface area contributed by atoms with Crippen LogP contribution in [0, 0.1) is 11.7 Å². The molecule has 1 aliphatic rings. The summed E-state index contributed by atoms with van der Waals surface area (Å²) < 4.78 is 24.3. The van der Waals surface area contributed by atoms with Crippen LogP contribution in [0.3, 0.4) is 0 Å². The van der Waals surface area contributed by atoms with Crippen molar-refractivity contribution in [2.24, 2.45) is 5.92 Å². The van der Waals surface area contributed by atoms with Gasteiger partial charge in [0.2, 0.25) is 0 Å². The smallest absolute Gasteiger partial charge is 0.165 e. The molecule has 1 heterocycles. The summed E-state index contributed by atoms with van der Waals surface area (Å²) in [4.78, 5) is 0. The highest BCUT2D eigenvalue weighted by molar-refractivity contribution is 5.30. The third-order valence-corrected chi connectivity index (χ3v) is 2.94. The van der Waals surface area contributed by atoms with E-state index in [2.05, 4.69) is 0 Å². The van der Waals surface area contributed by atoms with Crippen molar-refractivity contribution < 1.29 is 19.0 Å². The molecule has 2 rings (SSSR count). The molecule has 1 unspecified atom stereocenters. The normalized spacial score (nSPS) is 21.5. The second-order valence-corrected chi connectivity index (χ2v) is 4.41. The zero-order valence-corrected chi connectivity index (χ0v) is 9.86. The largest absolute Gasteiger partial charge is 0.490 e. The summed E-state index contributed by atoms with van der Waals surface area (Å²) in [6.07, 6.45) is 0.301. The lowest BCUT2D eigenvalue weighted by Crippen LogP contribution is -2.12. The predicted octanol–water partition coefficient (Wildman–Crippen LogP) is 2.29. The molecule has 1 fully saturated rings. The van der Waals surface area contributed by atoms with Crippen LogP contribution in [-0.4, -0.2) is 24.9 Å². The molecule has 94 valence electrons. The first kappa shape index (κ1) is 12.3. The number of hydrogen-bond donors (Lipinski definition) is 1. The van der Waals surface area contributed by atoms with Crippen LogP contribution in [0.4, 0.5) is 4.39 Å². The van der Waals surface area contributed by atoms with Crippen molar-refractivity contribution in [2.75, 3.05) is 19.8 Å². The van der Waals surface area contributed by atoms with Gasteiger partial charge in [0.15, 0.2) is 11.6 Å². The molecule has 1 aromatic rings. The van der Waals surface area contributed by atoms with Crippen molar-refractivity contribution in [3.8, 4) is 5.75 Å². The van der Waals surface area contributed by atoms with Crippen molar-refractivity contribution >= 4 is 0 Å². The highest BCUT2D eigenvalue weighted by Gasteiger charge is 2.17. The Balaban J connectivity index is 1.96. The minimum atomic E-state index is -0.665. The Morgan fingerprint density at radius 3 is 3.00 bits per heavy atom. The predicted molar refractivity (Wildman–Crippen MR) is 61.5 cm³/mol. The van der Waals surface area contributed by atoms with Crippen LogP contribution < -0.4 is 4.74 Å². The van der Waals surface area contributed by atoms with Crippen molar-refractivity contribution in [1.29, 1.82) is 0 Å². The maximum absolute atomic E-state index is 13.6. The first-order valence-corrected chi connectivity index (χ1v) is 5.85. The fourth-order valence-corrected chi connectivity index (χ4v) is 1.82. The third-order valence-electron chi connectivity index (χ3n) is 2.94. The van der Waals surface area contributed by atoms with Crippen LogP contribution in [0.2, 0.25) is 0 Å². The Kier molecular flexibility index (Phi) is 3.97. The summed E-state index contributed by atoms with van der Waals surface area (Å²) in [7, 11) is 0. The molecule has 4 heteroatoms. The van der Waals surface area contributed by atoms with E-state index in [1.165, 1.54) is 6.07 Å². The van der Waals surface area contributed by atoms with Gasteiger partial charge in [0.05, 0.1) is 19.3 Å². The quantitative estimate of drug-likeness (QED) is 0.877. The van der Waals surface area contributed by atoms with Gasteiger partial charge in [-0.3, -0.25) is 0 Å². The molecule has 1 aliphatic heterocycles. The summed E-state index contributed by atoms with van der Waals surface area (Å²) in [5.74, 6) is 0.162. The molecule has 0 bridgehead atoms. The Labute approximate surface area is 100 Å². The first-order chi connectivity index (χ1) is 8.16. The van der Waals surface area contributed by atoms with E-state index in [1.807, 2.05) is 0 Å². The monoisotopic (exact) mass is 240 g/mol. The number of benzene rings is 1. The van der Waals surface area contributed by atoms with Gasteiger partial charge >= 0.3 is 0 Å². The number of ether oxygens (including phenoxy) is 2. The van der Waals surface area contributed by atoms with E-state index in [0.717, 1.165) is 13.0 Å². The Bertz CT molecular complexity index is 373. The maximum atomic E-state index is 13.6. The van der Waals surface area contributed by atoms with Crippen LogP contribution in [0.25, 0.3) is 0 Å². The lowest BCUT2D eigenvalue weighted by Gasteiger charge is -2.12. The highest BCUT2D eigenvalue weighted by atomic mass is 19.1. The highest BCUT2D eigenvalue weighted by Crippen LogP contribution is 2.23. The Hall–Kier alpha value is -1.13. The summed E-state index contributed by atoms with van der Waals surface area (Å²) >= 11 is 0. The lowest BCUT2D eigenvalue weighted by molar-refractivity contribution is 0.165. The van der Waals surface area contributed by atoms with Crippen molar-refractivity contribution in [3.05, 3.63) is 29.6 Å². The van der Waals surface area contributed by atoms with E-state index in [9.17, 15) is 9.50 Å². The Morgan fingerprint density at radius 2 is 2.41 bits per heavy atom. The van der Waals surface area contributed by atoms with Crippen molar-refractivity contribution in [1.82, 2.24) is 0 Å². The maximum Gasteiger partial charge on any atom is 0.165 e. The Morgan fingerprint density at radius 1 is 1.59 bits per heavy atom. The molecule has 1 saturated heterocycles. The average Bonchev–Trinajstić information content (AvgIpc) is 2.80. The molecule has 1 aromatic carbocycles.